The maximum Gasteiger partial charge on any atom is 0.0720 e. The van der Waals surface area contributed by atoms with Crippen molar-refractivity contribution in [1.29, 1.82) is 0 Å². The van der Waals surface area contributed by atoms with Gasteiger partial charge in [-0.05, 0) is 91.0 Å². The van der Waals surface area contributed by atoms with Gasteiger partial charge in [0, 0.05) is 76.9 Å². The Morgan fingerprint density at radius 3 is 0.403 bits per heavy atom. The van der Waals surface area contributed by atoms with Gasteiger partial charge in [-0.1, -0.05) is 267 Å². The van der Waals surface area contributed by atoms with Crippen molar-refractivity contribution in [3.05, 3.63) is 340 Å². The van der Waals surface area contributed by atoms with Crippen LogP contribution in [0.2, 0.25) is 0 Å². The normalized spacial score (nSPS) is 10.4. The fraction of sp³-hybridized carbons (Fsp3) is 0. The van der Waals surface area contributed by atoms with Crippen molar-refractivity contribution in [1.82, 2.24) is 19.9 Å². The Labute approximate surface area is 473 Å². The van der Waals surface area contributed by atoms with Gasteiger partial charge in [-0.3, -0.25) is 19.9 Å². The molecule has 0 saturated heterocycles. The predicted molar refractivity (Wildman–Crippen MR) is 332 cm³/mol. The summed E-state index contributed by atoms with van der Waals surface area (Å²) >= 11 is 0. The first-order valence-corrected chi connectivity index (χ1v) is 30.4. The number of benzene rings is 8. The van der Waals surface area contributed by atoms with E-state index in [1.807, 2.05) is 49.1 Å². The van der Waals surface area contributed by atoms with Crippen molar-refractivity contribution in [2.45, 2.75) is 0 Å². The largest absolute Gasteiger partial charge is 0.256 e. The van der Waals surface area contributed by atoms with Crippen LogP contribution in [0.1, 0.15) is 0 Å². The minimum absolute atomic E-state index is 0. The van der Waals surface area contributed by atoms with Crippen LogP contribution in [0, 0.1) is 0 Å². The monoisotopic (exact) mass is 1160 g/mol. The first-order chi connectivity index (χ1) is 37.8. The predicted octanol–water partition coefficient (Wildman–Crippen LogP) is 11.4. The third kappa shape index (κ3) is 16.4. The Balaban J connectivity index is 0.000000135. The summed E-state index contributed by atoms with van der Waals surface area (Å²) < 4.78 is 0. The van der Waals surface area contributed by atoms with E-state index >= 15 is 0 Å². The average molecular weight is 1160 g/mol. The Morgan fingerprint density at radius 1 is 0.156 bits per heavy atom. The first-order valence-electron chi connectivity index (χ1n) is 25.1. The molecular formula is C68H56N4P4Pd. The molecule has 0 unspecified atom stereocenters. The minimum atomic E-state index is -0.557. The smallest absolute Gasteiger partial charge is 0.0720 e. The molecule has 9 heteroatoms. The molecule has 0 fully saturated rings. The number of rotatable bonds is 12. The molecule has 4 nitrogen and oxygen atoms in total. The molecule has 12 rings (SSSR count). The van der Waals surface area contributed by atoms with Crippen LogP contribution >= 0.6 is 31.7 Å². The summed E-state index contributed by atoms with van der Waals surface area (Å²) in [5, 5.41) is 10.7. The first kappa shape index (κ1) is 56.0. The molecule has 0 spiro atoms. The van der Waals surface area contributed by atoms with Crippen LogP contribution in [0.4, 0.5) is 0 Å². The number of aromatic nitrogens is 4. The standard InChI is InChI=1S/4C17H14NP.Pd/c4*1-3-9-15(10-4-1)19(16-11-5-2-6-12-16)17-13-7-8-14-18-17;/h4*1-14H;. The summed E-state index contributed by atoms with van der Waals surface area (Å²) in [6.07, 6.45) is 7.49. The third-order valence-corrected chi connectivity index (χ3v) is 21.0. The molecule has 8 aromatic carbocycles. The molecule has 0 bridgehead atoms. The third-order valence-electron chi connectivity index (χ3n) is 11.6. The summed E-state index contributed by atoms with van der Waals surface area (Å²) in [6, 6.07) is 110. The molecule has 0 radical (unpaired) electrons. The Morgan fingerprint density at radius 2 is 0.286 bits per heavy atom. The van der Waals surface area contributed by atoms with Crippen LogP contribution in [0.15, 0.2) is 340 Å². The van der Waals surface area contributed by atoms with Gasteiger partial charge in [0.15, 0.2) is 0 Å². The van der Waals surface area contributed by atoms with E-state index in [1.165, 1.54) is 42.4 Å². The van der Waals surface area contributed by atoms with Crippen molar-refractivity contribution in [3.8, 4) is 0 Å². The maximum atomic E-state index is 4.56. The van der Waals surface area contributed by atoms with Crippen molar-refractivity contribution < 1.29 is 20.4 Å². The number of pyridine rings is 4. The second-order valence-electron chi connectivity index (χ2n) is 16.8. The van der Waals surface area contributed by atoms with E-state index in [2.05, 4.69) is 311 Å². The molecule has 4 heterocycles. The van der Waals surface area contributed by atoms with Gasteiger partial charge >= 0.3 is 0 Å². The van der Waals surface area contributed by atoms with Crippen molar-refractivity contribution in [2.24, 2.45) is 0 Å². The molecule has 0 saturated carbocycles. The van der Waals surface area contributed by atoms with Gasteiger partial charge in [0.05, 0.1) is 21.7 Å². The fourth-order valence-corrected chi connectivity index (χ4v) is 17.0. The van der Waals surface area contributed by atoms with E-state index in [9.17, 15) is 0 Å². The van der Waals surface area contributed by atoms with Crippen LogP contribution in [0.5, 0.6) is 0 Å². The number of hydrogen-bond donors (Lipinski definition) is 0. The minimum Gasteiger partial charge on any atom is -0.256 e. The van der Waals surface area contributed by atoms with Crippen LogP contribution in [-0.2, 0) is 20.4 Å². The molecule has 378 valence electrons. The van der Waals surface area contributed by atoms with Crippen molar-refractivity contribution in [3.63, 3.8) is 0 Å². The van der Waals surface area contributed by atoms with Crippen LogP contribution < -0.4 is 64.2 Å². The number of hydrogen-bond acceptors (Lipinski definition) is 4. The quantitative estimate of drug-likeness (QED) is 0.0904. The van der Waals surface area contributed by atoms with E-state index in [0.29, 0.717) is 0 Å². The van der Waals surface area contributed by atoms with Crippen LogP contribution in [-0.4, -0.2) is 19.9 Å². The molecule has 0 aliphatic heterocycles. The van der Waals surface area contributed by atoms with Gasteiger partial charge in [0.25, 0.3) is 0 Å². The van der Waals surface area contributed by atoms with Gasteiger partial charge in [-0.15, -0.1) is 0 Å². The van der Waals surface area contributed by atoms with Gasteiger partial charge in [0.2, 0.25) is 0 Å². The molecule has 0 aliphatic rings. The molecule has 77 heavy (non-hydrogen) atoms. The summed E-state index contributed by atoms with van der Waals surface area (Å²) in [5.74, 6) is 0. The Kier molecular flexibility index (Phi) is 22.6. The Bertz CT molecular complexity index is 2600. The molecular weight excluding hydrogens is 1100 g/mol. The van der Waals surface area contributed by atoms with E-state index < -0.39 is 31.7 Å². The van der Waals surface area contributed by atoms with Gasteiger partial charge < -0.3 is 0 Å². The zero-order chi connectivity index (χ0) is 51.7. The van der Waals surface area contributed by atoms with Gasteiger partial charge in [-0.2, -0.15) is 0 Å². The van der Waals surface area contributed by atoms with E-state index in [-0.39, 0.29) is 20.4 Å². The molecule has 0 atom stereocenters. The number of nitrogens with zero attached hydrogens (tertiary/aromatic N) is 4. The summed E-state index contributed by atoms with van der Waals surface area (Å²) in [5.41, 5.74) is 4.59. The van der Waals surface area contributed by atoms with Crippen molar-refractivity contribution in [2.75, 3.05) is 0 Å². The maximum absolute atomic E-state index is 4.56. The SMILES string of the molecule is [Pd].c1ccc(P(c2ccccc2)c2ccccn2)cc1.c1ccc(P(c2ccccc2)c2ccccn2)cc1.c1ccc(P(c2ccccc2)c2ccccn2)cc1.c1ccc(P(c2ccccc2)c2ccccn2)cc1. The summed E-state index contributed by atoms with van der Waals surface area (Å²) in [7, 11) is -2.23. The molecule has 0 amide bonds. The van der Waals surface area contributed by atoms with E-state index in [1.54, 1.807) is 0 Å². The summed E-state index contributed by atoms with van der Waals surface area (Å²) in [6.45, 7) is 0. The van der Waals surface area contributed by atoms with Crippen LogP contribution in [0.25, 0.3) is 0 Å². The fourth-order valence-electron chi connectivity index (χ4n) is 8.22. The molecule has 4 aromatic heterocycles. The molecule has 12 aromatic rings. The second kappa shape index (κ2) is 31.1. The topological polar surface area (TPSA) is 51.6 Å². The zero-order valence-corrected chi connectivity index (χ0v) is 47.4. The van der Waals surface area contributed by atoms with Crippen LogP contribution in [0.3, 0.4) is 0 Å². The molecule has 0 N–H and O–H groups in total. The molecule has 0 aliphatic carbocycles. The van der Waals surface area contributed by atoms with Gasteiger partial charge in [0.1, 0.15) is 0 Å². The zero-order valence-electron chi connectivity index (χ0n) is 42.2. The van der Waals surface area contributed by atoms with Crippen molar-refractivity contribution >= 4 is 95.9 Å². The van der Waals surface area contributed by atoms with Gasteiger partial charge in [-0.25, -0.2) is 0 Å². The second-order valence-corrected chi connectivity index (χ2v) is 25.4. The Hall–Kier alpha value is -7.26. The average Bonchev–Trinajstić information content (AvgIpc) is 3.51. The van der Waals surface area contributed by atoms with E-state index in [0.717, 1.165) is 21.7 Å². The van der Waals surface area contributed by atoms with E-state index in [4.69, 9.17) is 0 Å². The summed E-state index contributed by atoms with van der Waals surface area (Å²) in [4.78, 5) is 18.2.